The van der Waals surface area contributed by atoms with Gasteiger partial charge in [0.1, 0.15) is 5.75 Å². The second kappa shape index (κ2) is 8.05. The number of hydrogen-bond donors (Lipinski definition) is 0. The highest BCUT2D eigenvalue weighted by atomic mass is 35.5. The molecule has 0 aromatic heterocycles. The number of hydrogen-bond acceptors (Lipinski definition) is 6. The molecule has 0 N–H and O–H groups in total. The molecule has 1 aromatic carbocycles. The Bertz CT molecular complexity index is 764. The van der Waals surface area contributed by atoms with E-state index in [2.05, 4.69) is 0 Å². The highest BCUT2D eigenvalue weighted by molar-refractivity contribution is 7.91. The highest BCUT2D eigenvalue weighted by Gasteiger charge is 2.32. The number of aryl methyl sites for hydroxylation is 1. The molecule has 7 nitrogen and oxygen atoms in total. The maximum Gasteiger partial charge on any atom is 0.344 e. The summed E-state index contributed by atoms with van der Waals surface area (Å²) in [5.74, 6) is -0.611. The molecule has 0 bridgehead atoms. The van der Waals surface area contributed by atoms with Gasteiger partial charge in [0.15, 0.2) is 23.1 Å². The van der Waals surface area contributed by atoms with Crippen LogP contribution >= 0.6 is 11.6 Å². The lowest BCUT2D eigenvalue weighted by Crippen LogP contribution is -2.40. The van der Waals surface area contributed by atoms with Crippen molar-refractivity contribution >= 4 is 33.3 Å². The van der Waals surface area contributed by atoms with Crippen LogP contribution in [0.5, 0.6) is 5.75 Å². The summed E-state index contributed by atoms with van der Waals surface area (Å²) in [6, 6.07) is 4.62. The van der Waals surface area contributed by atoms with E-state index in [4.69, 9.17) is 21.1 Å². The van der Waals surface area contributed by atoms with Crippen LogP contribution in [-0.2, 0) is 24.2 Å². The molecule has 1 atom stereocenters. The molecule has 1 heterocycles. The SMILES string of the molecule is Cc1cc(Cl)ccc1OCC(=O)OCC(=O)N(C)C1CCS(=O)(=O)C1. The second-order valence-corrected chi connectivity index (χ2v) is 8.59. The molecule has 1 aliphatic rings. The van der Waals surface area contributed by atoms with Crippen molar-refractivity contribution in [3.8, 4) is 5.75 Å². The van der Waals surface area contributed by atoms with Crippen LogP contribution in [0.15, 0.2) is 18.2 Å². The first-order valence-electron chi connectivity index (χ1n) is 7.68. The van der Waals surface area contributed by atoms with E-state index in [9.17, 15) is 18.0 Å². The zero-order valence-electron chi connectivity index (χ0n) is 14.0. The van der Waals surface area contributed by atoms with Gasteiger partial charge in [-0.1, -0.05) is 11.6 Å². The van der Waals surface area contributed by atoms with E-state index in [-0.39, 0.29) is 24.2 Å². The van der Waals surface area contributed by atoms with Crippen molar-refractivity contribution < 1.29 is 27.5 Å². The molecule has 1 saturated heterocycles. The molecule has 1 aromatic rings. The van der Waals surface area contributed by atoms with E-state index in [0.717, 1.165) is 5.56 Å². The summed E-state index contributed by atoms with van der Waals surface area (Å²) in [5.41, 5.74) is 0.776. The Hall–Kier alpha value is -1.80. The van der Waals surface area contributed by atoms with Gasteiger partial charge in [-0.2, -0.15) is 0 Å². The average molecular weight is 390 g/mol. The van der Waals surface area contributed by atoms with E-state index in [1.165, 1.54) is 11.9 Å². The Morgan fingerprint density at radius 1 is 1.32 bits per heavy atom. The number of esters is 1. The van der Waals surface area contributed by atoms with E-state index in [1.807, 2.05) is 0 Å². The lowest BCUT2D eigenvalue weighted by molar-refractivity contribution is -0.153. The summed E-state index contributed by atoms with van der Waals surface area (Å²) in [7, 11) is -1.57. The largest absolute Gasteiger partial charge is 0.482 e. The molecule has 0 saturated carbocycles. The maximum atomic E-state index is 12.0. The zero-order valence-corrected chi connectivity index (χ0v) is 15.6. The highest BCUT2D eigenvalue weighted by Crippen LogP contribution is 2.21. The standard InChI is InChI=1S/C16H20ClNO6S/c1-11-7-12(17)3-4-14(11)23-9-16(20)24-8-15(19)18(2)13-5-6-25(21,22)10-13/h3-4,7,13H,5-6,8-10H2,1-2H3. The fraction of sp³-hybridized carbons (Fsp3) is 0.500. The van der Waals surface area contributed by atoms with Gasteiger partial charge in [0.2, 0.25) is 0 Å². The molecule has 0 radical (unpaired) electrons. The second-order valence-electron chi connectivity index (χ2n) is 5.92. The third kappa shape index (κ3) is 5.61. The quantitative estimate of drug-likeness (QED) is 0.679. The lowest BCUT2D eigenvalue weighted by atomic mass is 10.2. The Morgan fingerprint density at radius 2 is 2.04 bits per heavy atom. The molecule has 1 aliphatic heterocycles. The maximum absolute atomic E-state index is 12.0. The van der Waals surface area contributed by atoms with Crippen LogP contribution in [0, 0.1) is 6.92 Å². The van der Waals surface area contributed by atoms with Crippen LogP contribution in [0.3, 0.4) is 0 Å². The van der Waals surface area contributed by atoms with Crippen molar-refractivity contribution in [2.24, 2.45) is 0 Å². The molecule has 0 aliphatic carbocycles. The van der Waals surface area contributed by atoms with Gasteiger partial charge in [0.25, 0.3) is 5.91 Å². The van der Waals surface area contributed by atoms with Crippen LogP contribution in [0.4, 0.5) is 0 Å². The third-order valence-corrected chi connectivity index (χ3v) is 5.97. The van der Waals surface area contributed by atoms with Crippen LogP contribution < -0.4 is 4.74 Å². The van der Waals surface area contributed by atoms with Gasteiger partial charge in [-0.05, 0) is 37.1 Å². The van der Waals surface area contributed by atoms with Gasteiger partial charge in [0, 0.05) is 18.1 Å². The van der Waals surface area contributed by atoms with E-state index >= 15 is 0 Å². The number of amides is 1. The number of ether oxygens (including phenoxy) is 2. The van der Waals surface area contributed by atoms with Gasteiger partial charge in [-0.15, -0.1) is 0 Å². The Balaban J connectivity index is 1.76. The molecule has 2 rings (SSSR count). The molecule has 1 amide bonds. The number of nitrogens with zero attached hydrogens (tertiary/aromatic N) is 1. The van der Waals surface area contributed by atoms with Gasteiger partial charge >= 0.3 is 5.97 Å². The fourth-order valence-electron chi connectivity index (χ4n) is 2.48. The number of likely N-dealkylation sites (N-methyl/N-ethyl adjacent to an activating group) is 1. The minimum absolute atomic E-state index is 0.0534. The van der Waals surface area contributed by atoms with E-state index in [1.54, 1.807) is 25.1 Å². The molecule has 138 valence electrons. The first-order valence-corrected chi connectivity index (χ1v) is 9.88. The van der Waals surface area contributed by atoms with Gasteiger partial charge < -0.3 is 14.4 Å². The average Bonchev–Trinajstić information content (AvgIpc) is 2.91. The zero-order chi connectivity index (χ0) is 18.6. The summed E-state index contributed by atoms with van der Waals surface area (Å²) in [4.78, 5) is 25.0. The fourth-order valence-corrected chi connectivity index (χ4v) is 4.48. The van der Waals surface area contributed by atoms with E-state index < -0.39 is 28.3 Å². The summed E-state index contributed by atoms with van der Waals surface area (Å²) in [6.07, 6.45) is 0.400. The van der Waals surface area contributed by atoms with Crippen molar-refractivity contribution in [2.75, 3.05) is 31.8 Å². The van der Waals surface area contributed by atoms with Crippen molar-refractivity contribution in [3.63, 3.8) is 0 Å². The third-order valence-electron chi connectivity index (χ3n) is 3.99. The lowest BCUT2D eigenvalue weighted by Gasteiger charge is -2.23. The van der Waals surface area contributed by atoms with Crippen molar-refractivity contribution in [1.82, 2.24) is 4.90 Å². The molecule has 25 heavy (non-hydrogen) atoms. The molecule has 9 heteroatoms. The van der Waals surface area contributed by atoms with Crippen LogP contribution in [-0.4, -0.2) is 63.0 Å². The summed E-state index contributed by atoms with van der Waals surface area (Å²) in [5, 5.41) is 0.565. The predicted molar refractivity (Wildman–Crippen MR) is 92.5 cm³/mol. The number of benzene rings is 1. The van der Waals surface area contributed by atoms with Crippen molar-refractivity contribution in [3.05, 3.63) is 28.8 Å². The van der Waals surface area contributed by atoms with Crippen molar-refractivity contribution in [2.45, 2.75) is 19.4 Å². The normalized spacial score (nSPS) is 18.6. The monoisotopic (exact) mass is 389 g/mol. The molecule has 1 fully saturated rings. The number of carbonyl (C=O) groups is 2. The van der Waals surface area contributed by atoms with Crippen LogP contribution in [0.25, 0.3) is 0 Å². The Morgan fingerprint density at radius 3 is 2.64 bits per heavy atom. The summed E-state index contributed by atoms with van der Waals surface area (Å²) in [6.45, 7) is 1.01. The smallest absolute Gasteiger partial charge is 0.344 e. The van der Waals surface area contributed by atoms with Gasteiger partial charge in [0.05, 0.1) is 11.5 Å². The van der Waals surface area contributed by atoms with Gasteiger partial charge in [-0.25, -0.2) is 13.2 Å². The first kappa shape index (κ1) is 19.5. The van der Waals surface area contributed by atoms with E-state index in [0.29, 0.717) is 17.2 Å². The number of carbonyl (C=O) groups excluding carboxylic acids is 2. The van der Waals surface area contributed by atoms with Crippen LogP contribution in [0.2, 0.25) is 5.02 Å². The number of sulfone groups is 1. The molecule has 1 unspecified atom stereocenters. The topological polar surface area (TPSA) is 90.0 Å². The summed E-state index contributed by atoms with van der Waals surface area (Å²) >= 11 is 5.84. The van der Waals surface area contributed by atoms with Crippen molar-refractivity contribution in [1.29, 1.82) is 0 Å². The molecular weight excluding hydrogens is 370 g/mol. The molecule has 0 spiro atoms. The minimum Gasteiger partial charge on any atom is -0.482 e. The molecular formula is C16H20ClNO6S. The van der Waals surface area contributed by atoms with Gasteiger partial charge in [-0.3, -0.25) is 4.79 Å². The predicted octanol–water partition coefficient (Wildman–Crippen LogP) is 1.22. The number of rotatable bonds is 6. The Labute approximate surface area is 151 Å². The minimum atomic E-state index is -3.08. The summed E-state index contributed by atoms with van der Waals surface area (Å²) < 4.78 is 33.1. The Kier molecular flexibility index (Phi) is 6.29. The first-order chi connectivity index (χ1) is 11.7. The van der Waals surface area contributed by atoms with Crippen LogP contribution in [0.1, 0.15) is 12.0 Å². The number of halogens is 1.